The average Bonchev–Trinajstić information content (AvgIpc) is 3.45. The predicted octanol–water partition coefficient (Wildman–Crippen LogP) is 4.12. The van der Waals surface area contributed by atoms with Crippen LogP contribution in [0.5, 0.6) is 0 Å². The highest BCUT2D eigenvalue weighted by atomic mass is 16.7. The minimum absolute atomic E-state index is 0.0121. The largest absolute Gasteiger partial charge is 0.394 e. The second-order valence-corrected chi connectivity index (χ2v) is 9.16. The first kappa shape index (κ1) is 24.1. The van der Waals surface area contributed by atoms with Crippen LogP contribution in [0, 0.1) is 0 Å². The van der Waals surface area contributed by atoms with Gasteiger partial charge in [-0.25, -0.2) is 0 Å². The number of aliphatic hydroxyl groups excluding tert-OH is 1. The van der Waals surface area contributed by atoms with E-state index in [9.17, 15) is 5.11 Å². The third-order valence-electron chi connectivity index (χ3n) is 6.69. The van der Waals surface area contributed by atoms with Crippen LogP contribution >= 0.6 is 0 Å². The van der Waals surface area contributed by atoms with Crippen molar-refractivity contribution < 1.29 is 24.2 Å². The molecule has 3 aromatic rings. The molecule has 6 nitrogen and oxygen atoms in total. The zero-order valence-corrected chi connectivity index (χ0v) is 19.8. The molecule has 0 amide bonds. The van der Waals surface area contributed by atoms with Gasteiger partial charge in [-0.2, -0.15) is 5.06 Å². The first-order valence-corrected chi connectivity index (χ1v) is 12.3. The fraction of sp³-hybridized carbons (Fsp3) is 0.379. The third-order valence-corrected chi connectivity index (χ3v) is 6.69. The Balaban J connectivity index is 1.33. The molecule has 2 aliphatic rings. The monoisotopic (exact) mass is 475 g/mol. The summed E-state index contributed by atoms with van der Waals surface area (Å²) in [5.74, 6) is 0. The Hall–Kier alpha value is -2.58. The van der Waals surface area contributed by atoms with Crippen LogP contribution in [0.25, 0.3) is 0 Å². The molecule has 0 saturated carbocycles. The zero-order chi connectivity index (χ0) is 23.9. The summed E-state index contributed by atoms with van der Waals surface area (Å²) < 4.78 is 19.2. The summed E-state index contributed by atoms with van der Waals surface area (Å²) in [4.78, 5) is 6.16. The van der Waals surface area contributed by atoms with Gasteiger partial charge in [0.15, 0.2) is 0 Å². The standard InChI is InChI=1S/C29H33NO5/c31-17-25-16-26-28(33-19-23-12-6-2-7-13-23)29(34-20-24-14-8-3-9-15-24)27(30(26)35-25)21-32-18-22-10-4-1-5-11-22/h1-15,25-29,31H,16-21H2/t25-,26-,27-,28-,29-/m0/s1. The quantitative estimate of drug-likeness (QED) is 0.450. The molecule has 184 valence electrons. The van der Waals surface area contributed by atoms with Crippen LogP contribution in [0.2, 0.25) is 0 Å². The number of ether oxygens (including phenoxy) is 3. The van der Waals surface area contributed by atoms with Gasteiger partial charge in [0.25, 0.3) is 0 Å². The minimum atomic E-state index is -0.241. The van der Waals surface area contributed by atoms with Crippen LogP contribution in [0.4, 0.5) is 0 Å². The van der Waals surface area contributed by atoms with Crippen LogP contribution in [0.1, 0.15) is 23.1 Å². The molecule has 2 heterocycles. The second-order valence-electron chi connectivity index (χ2n) is 9.16. The van der Waals surface area contributed by atoms with E-state index < -0.39 is 0 Å². The molecular weight excluding hydrogens is 442 g/mol. The lowest BCUT2D eigenvalue weighted by atomic mass is 10.0. The Kier molecular flexibility index (Phi) is 8.21. The topological polar surface area (TPSA) is 60.4 Å². The van der Waals surface area contributed by atoms with E-state index in [1.54, 1.807) is 0 Å². The SMILES string of the molecule is OC[C@@H]1C[C@H]2[C@H](OCc3ccccc3)[C@@H](OCc3ccccc3)[C@H](COCc3ccccc3)N2O1. The van der Waals surface area contributed by atoms with Gasteiger partial charge in [-0.3, -0.25) is 4.84 Å². The molecule has 0 bridgehead atoms. The van der Waals surface area contributed by atoms with Gasteiger partial charge in [0.05, 0.1) is 45.1 Å². The normalized spacial score (nSPS) is 26.1. The summed E-state index contributed by atoms with van der Waals surface area (Å²) >= 11 is 0. The van der Waals surface area contributed by atoms with E-state index in [4.69, 9.17) is 19.0 Å². The predicted molar refractivity (Wildman–Crippen MR) is 132 cm³/mol. The van der Waals surface area contributed by atoms with Crippen molar-refractivity contribution in [3.63, 3.8) is 0 Å². The van der Waals surface area contributed by atoms with Crippen molar-refractivity contribution in [1.82, 2.24) is 5.06 Å². The van der Waals surface area contributed by atoms with Crippen molar-refractivity contribution in [3.05, 3.63) is 108 Å². The molecule has 0 radical (unpaired) electrons. The number of hydrogen-bond donors (Lipinski definition) is 1. The smallest absolute Gasteiger partial charge is 0.106 e. The zero-order valence-electron chi connectivity index (χ0n) is 19.8. The van der Waals surface area contributed by atoms with Gasteiger partial charge in [-0.15, -0.1) is 0 Å². The number of nitrogens with zero attached hydrogens (tertiary/aromatic N) is 1. The highest BCUT2D eigenvalue weighted by molar-refractivity contribution is 5.16. The van der Waals surface area contributed by atoms with E-state index in [0.717, 1.165) is 16.7 Å². The molecular formula is C29H33NO5. The van der Waals surface area contributed by atoms with Crippen molar-refractivity contribution >= 4 is 0 Å². The molecule has 0 aliphatic carbocycles. The van der Waals surface area contributed by atoms with E-state index in [2.05, 4.69) is 36.4 Å². The third kappa shape index (κ3) is 5.98. The number of aliphatic hydroxyl groups is 1. The first-order chi connectivity index (χ1) is 17.3. The van der Waals surface area contributed by atoms with Crippen molar-refractivity contribution in [3.8, 4) is 0 Å². The lowest BCUT2D eigenvalue weighted by Gasteiger charge is -2.28. The maximum atomic E-state index is 9.79. The Labute approximate surface area is 207 Å². The van der Waals surface area contributed by atoms with Crippen LogP contribution in [-0.2, 0) is 38.9 Å². The van der Waals surface area contributed by atoms with Crippen molar-refractivity contribution in [2.24, 2.45) is 0 Å². The number of fused-ring (bicyclic) bond motifs is 1. The van der Waals surface area contributed by atoms with Gasteiger partial charge in [0.1, 0.15) is 18.3 Å². The molecule has 0 aromatic heterocycles. The van der Waals surface area contributed by atoms with E-state index >= 15 is 0 Å². The number of hydroxylamine groups is 2. The fourth-order valence-electron chi connectivity index (χ4n) is 4.95. The van der Waals surface area contributed by atoms with Crippen LogP contribution in [0.15, 0.2) is 91.0 Å². The highest BCUT2D eigenvalue weighted by Crippen LogP contribution is 2.39. The summed E-state index contributed by atoms with van der Waals surface area (Å²) in [7, 11) is 0. The molecule has 2 fully saturated rings. The minimum Gasteiger partial charge on any atom is -0.394 e. The number of rotatable bonds is 11. The molecule has 2 saturated heterocycles. The summed E-state index contributed by atoms with van der Waals surface area (Å²) in [6.07, 6.45) is 0.00530. The van der Waals surface area contributed by atoms with Crippen molar-refractivity contribution in [1.29, 1.82) is 0 Å². The maximum absolute atomic E-state index is 9.79. The molecule has 2 aliphatic heterocycles. The molecule has 3 aromatic carbocycles. The lowest BCUT2D eigenvalue weighted by molar-refractivity contribution is -0.202. The number of hydrogen-bond acceptors (Lipinski definition) is 6. The Morgan fingerprint density at radius 1 is 0.714 bits per heavy atom. The second kappa shape index (κ2) is 11.9. The fourth-order valence-corrected chi connectivity index (χ4v) is 4.95. The molecule has 6 heteroatoms. The molecule has 5 rings (SSSR count). The highest BCUT2D eigenvalue weighted by Gasteiger charge is 2.55. The van der Waals surface area contributed by atoms with Gasteiger partial charge in [0, 0.05) is 0 Å². The Bertz CT molecular complexity index is 1020. The van der Waals surface area contributed by atoms with E-state index in [-0.39, 0.29) is 37.0 Å². The van der Waals surface area contributed by atoms with Gasteiger partial charge in [-0.1, -0.05) is 91.0 Å². The molecule has 1 N–H and O–H groups in total. The summed E-state index contributed by atoms with van der Waals surface area (Å²) in [5, 5.41) is 11.8. The van der Waals surface area contributed by atoms with Gasteiger partial charge in [0.2, 0.25) is 0 Å². The van der Waals surface area contributed by atoms with E-state index in [1.807, 2.05) is 59.7 Å². The lowest BCUT2D eigenvalue weighted by Crippen LogP contribution is -2.42. The van der Waals surface area contributed by atoms with E-state index in [0.29, 0.717) is 32.8 Å². The summed E-state index contributed by atoms with van der Waals surface area (Å²) in [5.41, 5.74) is 3.35. The molecule has 0 spiro atoms. The molecule has 0 unspecified atom stereocenters. The first-order valence-electron chi connectivity index (χ1n) is 12.3. The van der Waals surface area contributed by atoms with Crippen LogP contribution in [-0.4, -0.2) is 53.8 Å². The summed E-state index contributed by atoms with van der Waals surface area (Å²) in [6.45, 7) is 1.90. The van der Waals surface area contributed by atoms with E-state index in [1.165, 1.54) is 0 Å². The van der Waals surface area contributed by atoms with Crippen molar-refractivity contribution in [2.45, 2.75) is 56.6 Å². The molecule has 5 atom stereocenters. The van der Waals surface area contributed by atoms with Crippen LogP contribution in [0.3, 0.4) is 0 Å². The number of benzene rings is 3. The Morgan fingerprint density at radius 2 is 1.23 bits per heavy atom. The average molecular weight is 476 g/mol. The van der Waals surface area contributed by atoms with Gasteiger partial charge < -0.3 is 19.3 Å². The van der Waals surface area contributed by atoms with Crippen LogP contribution < -0.4 is 0 Å². The van der Waals surface area contributed by atoms with Gasteiger partial charge in [-0.05, 0) is 23.1 Å². The Morgan fingerprint density at radius 3 is 1.77 bits per heavy atom. The van der Waals surface area contributed by atoms with Gasteiger partial charge >= 0.3 is 0 Å². The van der Waals surface area contributed by atoms with Crippen molar-refractivity contribution in [2.75, 3.05) is 13.2 Å². The molecule has 35 heavy (non-hydrogen) atoms. The summed E-state index contributed by atoms with van der Waals surface area (Å²) in [6, 6.07) is 30.3. The maximum Gasteiger partial charge on any atom is 0.106 e.